The Morgan fingerprint density at radius 1 is 0.935 bits per heavy atom. The molecule has 0 aliphatic carbocycles. The van der Waals surface area contributed by atoms with Gasteiger partial charge in [-0.25, -0.2) is 0 Å². The highest BCUT2D eigenvalue weighted by Crippen LogP contribution is 2.42. The van der Waals surface area contributed by atoms with Gasteiger partial charge in [0, 0.05) is 24.3 Å². The molecule has 158 valence electrons. The average molecular weight is 415 g/mol. The second kappa shape index (κ2) is 9.04. The summed E-state index contributed by atoms with van der Waals surface area (Å²) in [6.45, 7) is 3.57. The quantitative estimate of drug-likeness (QED) is 0.591. The van der Waals surface area contributed by atoms with E-state index in [0.29, 0.717) is 12.2 Å². The Hall–Kier alpha value is -3.60. The summed E-state index contributed by atoms with van der Waals surface area (Å²) in [5.41, 5.74) is 2.65. The lowest BCUT2D eigenvalue weighted by atomic mass is 9.90. The van der Waals surface area contributed by atoms with E-state index in [1.54, 1.807) is 11.8 Å². The number of carbonyl (C=O) groups excluding carboxylic acids is 2. The molecule has 1 aliphatic rings. The highest BCUT2D eigenvalue weighted by atomic mass is 16.5. The lowest BCUT2D eigenvalue weighted by Gasteiger charge is -2.43. The third-order valence-corrected chi connectivity index (χ3v) is 5.62. The maximum Gasteiger partial charge on any atom is 0.265 e. The number of hydrogen-bond donors (Lipinski definition) is 0. The number of hydrogen-bond acceptors (Lipinski definition) is 3. The van der Waals surface area contributed by atoms with Crippen LogP contribution in [0.15, 0.2) is 84.9 Å². The Balaban J connectivity index is 1.64. The molecular formula is C26H26N2O3. The lowest BCUT2D eigenvalue weighted by Crippen LogP contribution is -2.48. The zero-order valence-electron chi connectivity index (χ0n) is 17.8. The first kappa shape index (κ1) is 20.7. The van der Waals surface area contributed by atoms with Gasteiger partial charge in [-0.05, 0) is 49.2 Å². The first-order valence-corrected chi connectivity index (χ1v) is 10.5. The topological polar surface area (TPSA) is 49.9 Å². The van der Waals surface area contributed by atoms with Gasteiger partial charge in [-0.2, -0.15) is 0 Å². The first-order valence-electron chi connectivity index (χ1n) is 10.5. The molecule has 31 heavy (non-hydrogen) atoms. The summed E-state index contributed by atoms with van der Waals surface area (Å²) >= 11 is 0. The predicted octanol–water partition coefficient (Wildman–Crippen LogP) is 4.99. The van der Waals surface area contributed by atoms with Crippen LogP contribution in [-0.4, -0.2) is 24.5 Å². The van der Waals surface area contributed by atoms with Gasteiger partial charge in [0.2, 0.25) is 5.91 Å². The van der Waals surface area contributed by atoms with Crippen molar-refractivity contribution in [1.29, 1.82) is 0 Å². The summed E-state index contributed by atoms with van der Waals surface area (Å²) in [6.07, 6.45) is 0.641. The van der Waals surface area contributed by atoms with Crippen LogP contribution in [0.25, 0.3) is 0 Å². The summed E-state index contributed by atoms with van der Waals surface area (Å²) in [6, 6.07) is 26.6. The number of ether oxygens (including phenoxy) is 1. The lowest BCUT2D eigenvalue weighted by molar-refractivity contribution is -0.121. The molecule has 0 spiro atoms. The van der Waals surface area contributed by atoms with E-state index in [2.05, 4.69) is 0 Å². The summed E-state index contributed by atoms with van der Waals surface area (Å²) < 4.78 is 5.71. The van der Waals surface area contributed by atoms with E-state index in [9.17, 15) is 9.59 Å². The molecule has 3 aromatic rings. The maximum absolute atomic E-state index is 13.1. The molecule has 5 nitrogen and oxygen atoms in total. The second-order valence-electron chi connectivity index (χ2n) is 7.75. The maximum atomic E-state index is 13.1. The number of para-hydroxylation sites is 3. The van der Waals surface area contributed by atoms with Crippen molar-refractivity contribution in [1.82, 2.24) is 0 Å². The van der Waals surface area contributed by atoms with Crippen LogP contribution in [0.5, 0.6) is 5.75 Å². The van der Waals surface area contributed by atoms with Gasteiger partial charge in [-0.3, -0.25) is 9.59 Å². The van der Waals surface area contributed by atoms with E-state index in [4.69, 9.17) is 4.74 Å². The van der Waals surface area contributed by atoms with Crippen LogP contribution < -0.4 is 14.5 Å². The number of carbonyl (C=O) groups is 2. The average Bonchev–Trinajstić information content (AvgIpc) is 2.79. The van der Waals surface area contributed by atoms with Crippen LogP contribution in [0.4, 0.5) is 11.4 Å². The van der Waals surface area contributed by atoms with Crippen LogP contribution in [0.1, 0.15) is 31.9 Å². The van der Waals surface area contributed by atoms with Gasteiger partial charge in [-0.15, -0.1) is 0 Å². The molecule has 1 heterocycles. The minimum Gasteiger partial charge on any atom is -0.484 e. The minimum atomic E-state index is -0.148. The molecule has 1 aliphatic heterocycles. The molecule has 0 saturated carbocycles. The smallest absolute Gasteiger partial charge is 0.265 e. The molecule has 0 bridgehead atoms. The molecule has 0 fully saturated rings. The van der Waals surface area contributed by atoms with Crippen LogP contribution in [0, 0.1) is 0 Å². The third kappa shape index (κ3) is 4.31. The molecule has 5 heteroatoms. The van der Waals surface area contributed by atoms with Gasteiger partial charge in [0.25, 0.3) is 5.91 Å². The van der Waals surface area contributed by atoms with E-state index < -0.39 is 0 Å². The number of rotatable bonds is 5. The molecule has 0 aromatic heterocycles. The van der Waals surface area contributed by atoms with Crippen molar-refractivity contribution in [3.8, 4) is 5.75 Å². The summed E-state index contributed by atoms with van der Waals surface area (Å²) in [5.74, 6) is 0.542. The van der Waals surface area contributed by atoms with Crippen molar-refractivity contribution in [2.45, 2.75) is 32.4 Å². The van der Waals surface area contributed by atoms with Gasteiger partial charge in [0.05, 0.1) is 6.04 Å². The molecule has 2 amide bonds. The largest absolute Gasteiger partial charge is 0.484 e. The zero-order valence-corrected chi connectivity index (χ0v) is 17.8. The second-order valence-corrected chi connectivity index (χ2v) is 7.75. The molecule has 3 aromatic carbocycles. The monoisotopic (exact) mass is 414 g/mol. The predicted molar refractivity (Wildman–Crippen MR) is 122 cm³/mol. The van der Waals surface area contributed by atoms with Crippen molar-refractivity contribution < 1.29 is 14.3 Å². The van der Waals surface area contributed by atoms with Crippen molar-refractivity contribution in [3.05, 3.63) is 90.5 Å². The Labute approximate surface area is 182 Å². The molecule has 0 saturated heterocycles. The Morgan fingerprint density at radius 3 is 2.23 bits per heavy atom. The van der Waals surface area contributed by atoms with E-state index in [-0.39, 0.29) is 30.5 Å². The molecular weight excluding hydrogens is 388 g/mol. The van der Waals surface area contributed by atoms with Gasteiger partial charge in [0.15, 0.2) is 6.61 Å². The van der Waals surface area contributed by atoms with Crippen LogP contribution in [0.2, 0.25) is 0 Å². The van der Waals surface area contributed by atoms with Crippen LogP contribution in [-0.2, 0) is 9.59 Å². The number of fused-ring (bicyclic) bond motifs is 1. The van der Waals surface area contributed by atoms with Gasteiger partial charge < -0.3 is 14.5 Å². The Bertz CT molecular complexity index is 1050. The van der Waals surface area contributed by atoms with Crippen molar-refractivity contribution in [3.63, 3.8) is 0 Å². The summed E-state index contributed by atoms with van der Waals surface area (Å²) in [4.78, 5) is 29.4. The van der Waals surface area contributed by atoms with Gasteiger partial charge in [0.1, 0.15) is 5.75 Å². The van der Waals surface area contributed by atoms with Gasteiger partial charge >= 0.3 is 0 Å². The fraction of sp³-hybridized carbons (Fsp3) is 0.231. The number of anilines is 2. The van der Waals surface area contributed by atoms with E-state index in [1.807, 2.05) is 96.8 Å². The molecule has 0 N–H and O–H groups in total. The van der Waals surface area contributed by atoms with E-state index >= 15 is 0 Å². The van der Waals surface area contributed by atoms with Crippen molar-refractivity contribution >= 4 is 23.2 Å². The molecule has 0 unspecified atom stereocenters. The minimum absolute atomic E-state index is 0.0228. The summed E-state index contributed by atoms with van der Waals surface area (Å²) in [5, 5.41) is 0. The van der Waals surface area contributed by atoms with E-state index in [1.165, 1.54) is 0 Å². The van der Waals surface area contributed by atoms with Crippen molar-refractivity contribution in [2.24, 2.45) is 0 Å². The molecule has 4 rings (SSSR count). The number of amides is 2. The highest BCUT2D eigenvalue weighted by Gasteiger charge is 2.37. The zero-order chi connectivity index (χ0) is 21.8. The van der Waals surface area contributed by atoms with E-state index in [0.717, 1.165) is 16.9 Å². The number of benzene rings is 3. The number of nitrogens with zero attached hydrogens (tertiary/aromatic N) is 2. The SMILES string of the molecule is CC(=O)N(c1ccccc1)[C@H]1C[C@@H](C)N(C(=O)COc2ccccc2)c2ccccc21. The fourth-order valence-electron chi connectivity index (χ4n) is 4.31. The highest BCUT2D eigenvalue weighted by molar-refractivity contribution is 5.98. The first-order chi connectivity index (χ1) is 15.1. The Morgan fingerprint density at radius 2 is 1.55 bits per heavy atom. The molecule has 0 radical (unpaired) electrons. The van der Waals surface area contributed by atoms with Gasteiger partial charge in [-0.1, -0.05) is 54.6 Å². The molecule has 2 atom stereocenters. The van der Waals surface area contributed by atoms with Crippen molar-refractivity contribution in [2.75, 3.05) is 16.4 Å². The normalized spacial score (nSPS) is 17.5. The fourth-order valence-corrected chi connectivity index (χ4v) is 4.31. The standard InChI is InChI=1S/C26H26N2O3/c1-19-17-25(28(20(2)29)21-11-5-3-6-12-21)23-15-9-10-16-24(23)27(19)26(30)18-31-22-13-7-4-8-14-22/h3-16,19,25H,17-18H2,1-2H3/t19-,25+/m1/s1. The summed E-state index contributed by atoms with van der Waals surface area (Å²) in [7, 11) is 0. The van der Waals surface area contributed by atoms with Crippen LogP contribution >= 0.6 is 0 Å². The third-order valence-electron chi connectivity index (χ3n) is 5.62. The Kier molecular flexibility index (Phi) is 6.03. The van der Waals surface area contributed by atoms with Crippen LogP contribution in [0.3, 0.4) is 0 Å².